The van der Waals surface area contributed by atoms with Crippen molar-refractivity contribution < 1.29 is 14.3 Å². The third-order valence-corrected chi connectivity index (χ3v) is 3.50. The number of esters is 1. The Labute approximate surface area is 135 Å². The van der Waals surface area contributed by atoms with Gasteiger partial charge in [-0.15, -0.1) is 0 Å². The molecular formula is C20H18O3. The van der Waals surface area contributed by atoms with Gasteiger partial charge in [0.2, 0.25) is 0 Å². The summed E-state index contributed by atoms with van der Waals surface area (Å²) in [5.74, 6) is 0.791. The van der Waals surface area contributed by atoms with E-state index in [9.17, 15) is 4.79 Å². The molecule has 3 heteroatoms. The van der Waals surface area contributed by atoms with E-state index in [-0.39, 0.29) is 6.61 Å². The van der Waals surface area contributed by atoms with Crippen LogP contribution in [0.15, 0.2) is 60.7 Å². The third kappa shape index (κ3) is 3.89. The number of carbonyl (C=O) groups is 1. The topological polar surface area (TPSA) is 35.5 Å². The van der Waals surface area contributed by atoms with Crippen LogP contribution >= 0.6 is 0 Å². The Morgan fingerprint density at radius 1 is 0.826 bits per heavy atom. The van der Waals surface area contributed by atoms with Crippen molar-refractivity contribution in [3.63, 3.8) is 0 Å². The second-order valence-corrected chi connectivity index (χ2v) is 5.60. The van der Waals surface area contributed by atoms with Gasteiger partial charge in [-0.05, 0) is 60.0 Å². The Kier molecular flexibility index (Phi) is 4.29. The molecule has 0 N–H and O–H groups in total. The zero-order valence-electron chi connectivity index (χ0n) is 13.2. The highest BCUT2D eigenvalue weighted by Gasteiger charge is 2.07. The molecule has 0 bridgehead atoms. The lowest BCUT2D eigenvalue weighted by Gasteiger charge is -2.09. The van der Waals surface area contributed by atoms with Gasteiger partial charge in [0.25, 0.3) is 0 Å². The first-order valence-corrected chi connectivity index (χ1v) is 7.51. The van der Waals surface area contributed by atoms with E-state index in [4.69, 9.17) is 9.47 Å². The maximum atomic E-state index is 11.9. The average Bonchev–Trinajstić information content (AvgIpc) is 2.52. The smallest absolute Gasteiger partial charge is 0.349 e. The molecule has 0 amide bonds. The van der Waals surface area contributed by atoms with Crippen molar-refractivity contribution in [3.8, 4) is 11.5 Å². The van der Waals surface area contributed by atoms with Gasteiger partial charge < -0.3 is 9.47 Å². The highest BCUT2D eigenvalue weighted by atomic mass is 16.6. The summed E-state index contributed by atoms with van der Waals surface area (Å²) in [6, 6.07) is 19.4. The Bertz CT molecular complexity index is 832. The molecule has 0 saturated heterocycles. The molecule has 0 fully saturated rings. The van der Waals surface area contributed by atoms with Crippen LogP contribution in [0.3, 0.4) is 0 Å². The van der Waals surface area contributed by atoms with E-state index in [2.05, 4.69) is 0 Å². The molecule has 0 aliphatic heterocycles. The molecule has 116 valence electrons. The second-order valence-electron chi connectivity index (χ2n) is 5.60. The standard InChI is InChI=1S/C20H18O3/c1-14-9-15(2)11-19(10-14)23-20(21)13-22-18-8-7-16-5-3-4-6-17(16)12-18/h3-12H,13H2,1-2H3. The molecule has 0 spiro atoms. The molecule has 3 nitrogen and oxygen atoms in total. The van der Waals surface area contributed by atoms with Gasteiger partial charge in [-0.2, -0.15) is 0 Å². The lowest BCUT2D eigenvalue weighted by molar-refractivity contribution is -0.136. The molecule has 0 saturated carbocycles. The van der Waals surface area contributed by atoms with Gasteiger partial charge in [0.05, 0.1) is 0 Å². The predicted octanol–water partition coefficient (Wildman–Crippen LogP) is 4.44. The molecule has 0 aromatic heterocycles. The molecule has 3 aromatic rings. The number of hydrogen-bond acceptors (Lipinski definition) is 3. The summed E-state index contributed by atoms with van der Waals surface area (Å²) in [5.41, 5.74) is 2.12. The van der Waals surface area contributed by atoms with E-state index in [1.807, 2.05) is 74.5 Å². The van der Waals surface area contributed by atoms with Crippen molar-refractivity contribution in [3.05, 3.63) is 71.8 Å². The van der Waals surface area contributed by atoms with Crippen LogP contribution in [0.2, 0.25) is 0 Å². The van der Waals surface area contributed by atoms with Gasteiger partial charge in [-0.1, -0.05) is 36.4 Å². The maximum absolute atomic E-state index is 11.9. The lowest BCUT2D eigenvalue weighted by Crippen LogP contribution is -2.17. The summed E-state index contributed by atoms with van der Waals surface area (Å²) in [4.78, 5) is 11.9. The van der Waals surface area contributed by atoms with Gasteiger partial charge in [-0.25, -0.2) is 4.79 Å². The number of carbonyl (C=O) groups excluding carboxylic acids is 1. The van der Waals surface area contributed by atoms with E-state index in [1.165, 1.54) is 0 Å². The van der Waals surface area contributed by atoms with E-state index < -0.39 is 5.97 Å². The van der Waals surface area contributed by atoms with Gasteiger partial charge in [0.1, 0.15) is 11.5 Å². The van der Waals surface area contributed by atoms with Gasteiger partial charge in [0.15, 0.2) is 6.61 Å². The number of hydrogen-bond donors (Lipinski definition) is 0. The number of aryl methyl sites for hydroxylation is 2. The summed E-state index contributed by atoms with van der Waals surface area (Å²) in [6.07, 6.45) is 0. The molecule has 0 heterocycles. The maximum Gasteiger partial charge on any atom is 0.349 e. The van der Waals surface area contributed by atoms with Crippen molar-refractivity contribution in [2.75, 3.05) is 6.61 Å². The van der Waals surface area contributed by atoms with Crippen molar-refractivity contribution in [2.24, 2.45) is 0 Å². The van der Waals surface area contributed by atoms with E-state index in [0.29, 0.717) is 11.5 Å². The Balaban J connectivity index is 1.63. The molecular weight excluding hydrogens is 288 g/mol. The van der Waals surface area contributed by atoms with Gasteiger partial charge in [-0.3, -0.25) is 0 Å². The highest BCUT2D eigenvalue weighted by Crippen LogP contribution is 2.21. The Morgan fingerprint density at radius 2 is 1.52 bits per heavy atom. The molecule has 0 unspecified atom stereocenters. The van der Waals surface area contributed by atoms with Crippen molar-refractivity contribution in [2.45, 2.75) is 13.8 Å². The lowest BCUT2D eigenvalue weighted by atomic mass is 10.1. The van der Waals surface area contributed by atoms with Crippen molar-refractivity contribution in [1.29, 1.82) is 0 Å². The SMILES string of the molecule is Cc1cc(C)cc(OC(=O)COc2ccc3ccccc3c2)c1. The molecule has 0 aliphatic carbocycles. The summed E-state index contributed by atoms with van der Waals surface area (Å²) >= 11 is 0. The zero-order valence-corrected chi connectivity index (χ0v) is 13.2. The molecule has 3 aromatic carbocycles. The zero-order chi connectivity index (χ0) is 16.2. The van der Waals surface area contributed by atoms with E-state index in [0.717, 1.165) is 21.9 Å². The van der Waals surface area contributed by atoms with E-state index in [1.54, 1.807) is 0 Å². The molecule has 3 rings (SSSR count). The minimum atomic E-state index is -0.414. The number of fused-ring (bicyclic) bond motifs is 1. The van der Waals surface area contributed by atoms with Gasteiger partial charge >= 0.3 is 5.97 Å². The first kappa shape index (κ1) is 15.1. The predicted molar refractivity (Wildman–Crippen MR) is 91.0 cm³/mol. The first-order chi connectivity index (χ1) is 11.1. The van der Waals surface area contributed by atoms with Crippen LogP contribution in [-0.2, 0) is 4.79 Å². The molecule has 0 aliphatic rings. The molecule has 0 atom stereocenters. The van der Waals surface area contributed by atoms with Crippen LogP contribution in [0, 0.1) is 13.8 Å². The van der Waals surface area contributed by atoms with Crippen LogP contribution in [0.1, 0.15) is 11.1 Å². The number of ether oxygens (including phenoxy) is 2. The van der Waals surface area contributed by atoms with Crippen LogP contribution < -0.4 is 9.47 Å². The van der Waals surface area contributed by atoms with E-state index >= 15 is 0 Å². The first-order valence-electron chi connectivity index (χ1n) is 7.51. The van der Waals surface area contributed by atoms with Crippen LogP contribution in [0.5, 0.6) is 11.5 Å². The fourth-order valence-corrected chi connectivity index (χ4v) is 2.55. The third-order valence-electron chi connectivity index (χ3n) is 3.50. The van der Waals surface area contributed by atoms with Crippen molar-refractivity contribution in [1.82, 2.24) is 0 Å². The number of benzene rings is 3. The minimum Gasteiger partial charge on any atom is -0.482 e. The summed E-state index contributed by atoms with van der Waals surface area (Å²) in [7, 11) is 0. The minimum absolute atomic E-state index is 0.120. The Morgan fingerprint density at radius 3 is 2.26 bits per heavy atom. The Hall–Kier alpha value is -2.81. The van der Waals surface area contributed by atoms with Crippen LogP contribution in [-0.4, -0.2) is 12.6 Å². The molecule has 0 radical (unpaired) electrons. The summed E-state index contributed by atoms with van der Waals surface area (Å²) < 4.78 is 10.9. The fraction of sp³-hybridized carbons (Fsp3) is 0.150. The largest absolute Gasteiger partial charge is 0.482 e. The number of rotatable bonds is 4. The normalized spacial score (nSPS) is 10.5. The highest BCUT2D eigenvalue weighted by molar-refractivity contribution is 5.83. The van der Waals surface area contributed by atoms with Gasteiger partial charge in [0, 0.05) is 0 Å². The molecule has 23 heavy (non-hydrogen) atoms. The van der Waals surface area contributed by atoms with Crippen molar-refractivity contribution >= 4 is 16.7 Å². The monoisotopic (exact) mass is 306 g/mol. The second kappa shape index (κ2) is 6.53. The summed E-state index contributed by atoms with van der Waals surface area (Å²) in [6.45, 7) is 3.82. The van der Waals surface area contributed by atoms with Crippen LogP contribution in [0.25, 0.3) is 10.8 Å². The summed E-state index contributed by atoms with van der Waals surface area (Å²) in [5, 5.41) is 2.21. The van der Waals surface area contributed by atoms with Crippen LogP contribution in [0.4, 0.5) is 0 Å². The quantitative estimate of drug-likeness (QED) is 0.528. The average molecular weight is 306 g/mol. The fourth-order valence-electron chi connectivity index (χ4n) is 2.55.